The van der Waals surface area contributed by atoms with Crippen molar-refractivity contribution in [1.82, 2.24) is 25.8 Å². The number of carbonyl (C=O) groups is 5. The molecule has 3 heterocycles. The molecule has 276 valence electrons. The van der Waals surface area contributed by atoms with Gasteiger partial charge in [-0.15, -0.1) is 0 Å². The fourth-order valence-corrected chi connectivity index (χ4v) is 6.98. The van der Waals surface area contributed by atoms with Gasteiger partial charge in [0.15, 0.2) is 5.78 Å². The number of amides is 4. The van der Waals surface area contributed by atoms with Crippen molar-refractivity contribution in [2.75, 3.05) is 39.5 Å². The van der Waals surface area contributed by atoms with Crippen LogP contribution in [-0.2, 0) is 46.3 Å². The number of likely N-dealkylation sites (tertiary alicyclic amines) is 1. The zero-order valence-corrected chi connectivity index (χ0v) is 30.3. The van der Waals surface area contributed by atoms with Crippen molar-refractivity contribution in [3.63, 3.8) is 0 Å². The number of benzene rings is 2. The van der Waals surface area contributed by atoms with Crippen LogP contribution in [0.4, 0.5) is 0 Å². The van der Waals surface area contributed by atoms with Crippen LogP contribution in [0.3, 0.4) is 0 Å². The predicted molar refractivity (Wildman–Crippen MR) is 191 cm³/mol. The third kappa shape index (κ3) is 10.5. The summed E-state index contributed by atoms with van der Waals surface area (Å²) in [5.74, 6) is -1.56. The molecule has 0 spiro atoms. The lowest BCUT2D eigenvalue weighted by Crippen LogP contribution is -2.57. The minimum Gasteiger partial charge on any atom is -0.379 e. The molecule has 0 bridgehead atoms. The van der Waals surface area contributed by atoms with Gasteiger partial charge in [-0.05, 0) is 56.6 Å². The van der Waals surface area contributed by atoms with E-state index < -0.39 is 41.6 Å². The summed E-state index contributed by atoms with van der Waals surface area (Å²) in [6.45, 7) is 10.4. The second-order valence-electron chi connectivity index (χ2n) is 14.7. The molecule has 2 aromatic carbocycles. The highest BCUT2D eigenvalue weighted by atomic mass is 16.6. The fourth-order valence-electron chi connectivity index (χ4n) is 6.98. The Kier molecular flexibility index (Phi) is 13.0. The molecule has 0 radical (unpaired) electrons. The number of ketones is 1. The molecule has 3 aliphatic heterocycles. The normalized spacial score (nSPS) is 23.7. The average molecular weight is 704 g/mol. The molecular formula is C39H53N5O7. The molecule has 12 nitrogen and oxygen atoms in total. The number of Topliss-reactive ketones (excluding diaryl/α,β-unsaturated/α-hetero) is 1. The van der Waals surface area contributed by atoms with Gasteiger partial charge in [0.1, 0.15) is 23.7 Å². The van der Waals surface area contributed by atoms with E-state index >= 15 is 0 Å². The second-order valence-corrected chi connectivity index (χ2v) is 14.7. The molecule has 3 fully saturated rings. The molecule has 6 atom stereocenters. The lowest BCUT2D eigenvalue weighted by atomic mass is 9.92. The molecular weight excluding hydrogens is 650 g/mol. The topological polar surface area (TPSA) is 150 Å². The van der Waals surface area contributed by atoms with Gasteiger partial charge in [0, 0.05) is 25.6 Å². The zero-order chi connectivity index (χ0) is 36.5. The molecule has 51 heavy (non-hydrogen) atoms. The molecule has 0 aliphatic carbocycles. The van der Waals surface area contributed by atoms with Crippen molar-refractivity contribution in [3.05, 3.63) is 71.8 Å². The Balaban J connectivity index is 1.31. The van der Waals surface area contributed by atoms with Crippen LogP contribution in [0.25, 0.3) is 0 Å². The standard InChI is InChI=1S/C39H53N5O7/c1-26(2)21-31(35(46)39(4)25-51-39)41-37(48)33(23-29-13-9-6-10-14-29)44-27(3)22-32(38(44)49)42-36(47)30(16-15-28-11-7-5-8-12-28)40-34(45)24-43-17-19-50-20-18-43/h5-14,26-27,30-33H,15-25H2,1-4H3,(H,40,45)(H,41,48)(H,42,47)/t27?,30-,31-,32-,33-,39?/m0/s1. The van der Waals surface area contributed by atoms with Gasteiger partial charge in [-0.1, -0.05) is 74.5 Å². The number of carbonyl (C=O) groups excluding carboxylic acids is 5. The quantitative estimate of drug-likeness (QED) is 0.212. The van der Waals surface area contributed by atoms with E-state index in [4.69, 9.17) is 9.47 Å². The average Bonchev–Trinajstić information content (AvgIpc) is 3.81. The highest BCUT2D eigenvalue weighted by Gasteiger charge is 2.51. The Hall–Kier alpha value is -4.13. The van der Waals surface area contributed by atoms with Gasteiger partial charge in [-0.3, -0.25) is 28.9 Å². The van der Waals surface area contributed by atoms with E-state index in [1.165, 1.54) is 0 Å². The second kappa shape index (κ2) is 17.4. The summed E-state index contributed by atoms with van der Waals surface area (Å²) in [4.78, 5) is 72.3. The summed E-state index contributed by atoms with van der Waals surface area (Å²) >= 11 is 0. The van der Waals surface area contributed by atoms with E-state index in [9.17, 15) is 24.0 Å². The monoisotopic (exact) mass is 703 g/mol. The number of nitrogens with one attached hydrogen (secondary N) is 3. The molecule has 12 heteroatoms. The van der Waals surface area contributed by atoms with E-state index in [0.29, 0.717) is 52.2 Å². The fraction of sp³-hybridized carbons (Fsp3) is 0.564. The van der Waals surface area contributed by atoms with E-state index in [2.05, 4.69) is 16.0 Å². The minimum atomic E-state index is -0.922. The van der Waals surface area contributed by atoms with Gasteiger partial charge in [-0.2, -0.15) is 0 Å². The first kappa shape index (κ1) is 38.1. The van der Waals surface area contributed by atoms with Gasteiger partial charge in [0.25, 0.3) is 0 Å². The number of rotatable bonds is 17. The summed E-state index contributed by atoms with van der Waals surface area (Å²) < 4.78 is 10.8. The first-order valence-electron chi connectivity index (χ1n) is 18.2. The van der Waals surface area contributed by atoms with Gasteiger partial charge in [-0.25, -0.2) is 0 Å². The number of hydrogen-bond donors (Lipinski definition) is 3. The van der Waals surface area contributed by atoms with E-state index in [-0.39, 0.29) is 48.9 Å². The number of epoxide rings is 1. The summed E-state index contributed by atoms with van der Waals surface area (Å²) in [5, 5.41) is 8.83. The largest absolute Gasteiger partial charge is 0.379 e. The van der Waals surface area contributed by atoms with Crippen LogP contribution in [0.15, 0.2) is 60.7 Å². The van der Waals surface area contributed by atoms with Crippen LogP contribution in [0.2, 0.25) is 0 Å². The number of hydrogen-bond acceptors (Lipinski definition) is 8. The van der Waals surface area contributed by atoms with Crippen LogP contribution in [0, 0.1) is 5.92 Å². The highest BCUT2D eigenvalue weighted by molar-refractivity contribution is 5.99. The predicted octanol–water partition coefficient (Wildman–Crippen LogP) is 2.04. The SMILES string of the molecule is CC(C)C[C@H](NC(=O)[C@H](Cc1ccccc1)N1C(=O)[C@@H](NC(=O)[C@H](CCc2ccccc2)NC(=O)CN2CCOCC2)CC1C)C(=O)C1(C)CO1. The molecule has 3 N–H and O–H groups in total. The summed E-state index contributed by atoms with van der Waals surface area (Å²) in [5.41, 5.74) is 0.974. The van der Waals surface area contributed by atoms with Gasteiger partial charge < -0.3 is 30.3 Å². The highest BCUT2D eigenvalue weighted by Crippen LogP contribution is 2.30. The third-order valence-electron chi connectivity index (χ3n) is 9.96. The van der Waals surface area contributed by atoms with Crippen molar-refractivity contribution in [2.24, 2.45) is 5.92 Å². The Morgan fingerprint density at radius 3 is 2.14 bits per heavy atom. The van der Waals surface area contributed by atoms with Crippen molar-refractivity contribution in [2.45, 2.75) is 95.6 Å². The Labute approximate surface area is 301 Å². The van der Waals surface area contributed by atoms with Gasteiger partial charge >= 0.3 is 0 Å². The Morgan fingerprint density at radius 1 is 0.902 bits per heavy atom. The van der Waals surface area contributed by atoms with Crippen LogP contribution in [0.1, 0.15) is 58.1 Å². The number of nitrogens with zero attached hydrogens (tertiary/aromatic N) is 2. The lowest BCUT2D eigenvalue weighted by molar-refractivity contribution is -0.142. The van der Waals surface area contributed by atoms with E-state index in [1.807, 2.05) is 86.3 Å². The van der Waals surface area contributed by atoms with Crippen molar-refractivity contribution >= 4 is 29.4 Å². The first-order chi connectivity index (χ1) is 24.4. The Morgan fingerprint density at radius 2 is 1.53 bits per heavy atom. The maximum atomic E-state index is 14.2. The zero-order valence-electron chi connectivity index (χ0n) is 30.3. The maximum Gasteiger partial charge on any atom is 0.246 e. The molecule has 3 saturated heterocycles. The summed E-state index contributed by atoms with van der Waals surface area (Å²) in [6.07, 6.45) is 1.86. The molecule has 4 amide bonds. The summed E-state index contributed by atoms with van der Waals surface area (Å²) in [7, 11) is 0. The number of ether oxygens (including phenoxy) is 2. The van der Waals surface area contributed by atoms with Crippen LogP contribution < -0.4 is 16.0 Å². The number of aryl methyl sites for hydroxylation is 1. The van der Waals surface area contributed by atoms with Crippen LogP contribution in [-0.4, -0.2) is 114 Å². The Bertz CT molecular complexity index is 1510. The van der Waals surface area contributed by atoms with Crippen molar-refractivity contribution in [1.29, 1.82) is 0 Å². The molecule has 0 saturated carbocycles. The number of morpholine rings is 1. The third-order valence-corrected chi connectivity index (χ3v) is 9.96. The first-order valence-corrected chi connectivity index (χ1v) is 18.2. The molecule has 0 aromatic heterocycles. The smallest absolute Gasteiger partial charge is 0.246 e. The molecule has 2 aromatic rings. The van der Waals surface area contributed by atoms with Crippen molar-refractivity contribution in [3.8, 4) is 0 Å². The summed E-state index contributed by atoms with van der Waals surface area (Å²) in [6, 6.07) is 15.3. The van der Waals surface area contributed by atoms with Crippen molar-refractivity contribution < 1.29 is 33.4 Å². The van der Waals surface area contributed by atoms with Crippen LogP contribution >= 0.6 is 0 Å². The van der Waals surface area contributed by atoms with Gasteiger partial charge in [0.05, 0.1) is 32.4 Å². The lowest BCUT2D eigenvalue weighted by Gasteiger charge is -2.33. The van der Waals surface area contributed by atoms with Crippen LogP contribution in [0.5, 0.6) is 0 Å². The molecule has 2 unspecified atom stereocenters. The van der Waals surface area contributed by atoms with E-state index in [1.54, 1.807) is 11.8 Å². The minimum absolute atomic E-state index is 0.130. The maximum absolute atomic E-state index is 14.2. The molecule has 5 rings (SSSR count). The van der Waals surface area contributed by atoms with E-state index in [0.717, 1.165) is 11.1 Å². The molecule has 3 aliphatic rings. The van der Waals surface area contributed by atoms with Gasteiger partial charge in [0.2, 0.25) is 23.6 Å².